The Kier molecular flexibility index (Phi) is 3.04. The van der Waals surface area contributed by atoms with E-state index in [9.17, 15) is 8.96 Å². The fraction of sp³-hybridized carbons (Fsp3) is 0.455. The first-order chi connectivity index (χ1) is 7.27. The van der Waals surface area contributed by atoms with Gasteiger partial charge >= 0.3 is 0 Å². The van der Waals surface area contributed by atoms with Crippen LogP contribution in [0.5, 0.6) is 0 Å². The molecule has 2 nitrogen and oxygen atoms in total. The van der Waals surface area contributed by atoms with Crippen LogP contribution in [0.4, 0.5) is 20.3 Å². The summed E-state index contributed by atoms with van der Waals surface area (Å²) in [6.07, 6.45) is 3.66. The molecule has 0 radical (unpaired) electrons. The Morgan fingerprint density at radius 2 is 1.53 bits per heavy atom. The SMILES string of the molecule is FN(F)c1ccc(N2CCCCC2)cc1. The van der Waals surface area contributed by atoms with Crippen LogP contribution in [0.2, 0.25) is 0 Å². The van der Waals surface area contributed by atoms with E-state index in [1.165, 1.54) is 31.4 Å². The van der Waals surface area contributed by atoms with E-state index < -0.39 is 5.34 Å². The van der Waals surface area contributed by atoms with Crippen molar-refractivity contribution in [1.82, 2.24) is 0 Å². The number of hydrogen-bond acceptors (Lipinski definition) is 2. The van der Waals surface area contributed by atoms with Crippen LogP contribution in [-0.2, 0) is 0 Å². The number of benzene rings is 1. The van der Waals surface area contributed by atoms with Gasteiger partial charge in [0.2, 0.25) is 0 Å². The van der Waals surface area contributed by atoms with E-state index in [2.05, 4.69) is 4.90 Å². The van der Waals surface area contributed by atoms with Crippen molar-refractivity contribution in [2.75, 3.05) is 23.3 Å². The van der Waals surface area contributed by atoms with Gasteiger partial charge in [-0.25, -0.2) is 0 Å². The van der Waals surface area contributed by atoms with Crippen LogP contribution >= 0.6 is 0 Å². The summed E-state index contributed by atoms with van der Waals surface area (Å²) in [5, 5.41) is -0.861. The summed E-state index contributed by atoms with van der Waals surface area (Å²) in [7, 11) is 0. The van der Waals surface area contributed by atoms with E-state index >= 15 is 0 Å². The second-order valence-corrected chi connectivity index (χ2v) is 3.80. The van der Waals surface area contributed by atoms with Crippen LogP contribution in [0, 0.1) is 0 Å². The lowest BCUT2D eigenvalue weighted by atomic mass is 10.1. The normalized spacial score (nSPS) is 16.5. The summed E-state index contributed by atoms with van der Waals surface area (Å²) >= 11 is 0. The average Bonchev–Trinajstić information content (AvgIpc) is 2.30. The molecule has 0 bridgehead atoms. The number of hydrogen-bond donors (Lipinski definition) is 0. The van der Waals surface area contributed by atoms with Crippen molar-refractivity contribution in [3.05, 3.63) is 24.3 Å². The number of rotatable bonds is 2. The Morgan fingerprint density at radius 1 is 0.933 bits per heavy atom. The van der Waals surface area contributed by atoms with Gasteiger partial charge in [0.25, 0.3) is 0 Å². The summed E-state index contributed by atoms with van der Waals surface area (Å²) < 4.78 is 24.3. The maximum atomic E-state index is 12.2. The zero-order valence-corrected chi connectivity index (χ0v) is 8.50. The molecule has 1 heterocycles. The molecule has 0 amide bonds. The molecule has 1 aliphatic heterocycles. The van der Waals surface area contributed by atoms with E-state index in [0.29, 0.717) is 0 Å². The lowest BCUT2D eigenvalue weighted by Crippen LogP contribution is -2.29. The van der Waals surface area contributed by atoms with Crippen LogP contribution in [0.15, 0.2) is 24.3 Å². The molecular formula is C11H14F2N2. The lowest BCUT2D eigenvalue weighted by molar-refractivity contribution is 0.235. The summed E-state index contributed by atoms with van der Waals surface area (Å²) in [6.45, 7) is 2.07. The Hall–Kier alpha value is -1.32. The molecular weight excluding hydrogens is 198 g/mol. The van der Waals surface area contributed by atoms with Gasteiger partial charge in [0.1, 0.15) is 5.69 Å². The predicted molar refractivity (Wildman–Crippen MR) is 57.2 cm³/mol. The number of halogens is 2. The summed E-state index contributed by atoms with van der Waals surface area (Å²) in [5.74, 6) is 0. The van der Waals surface area contributed by atoms with Gasteiger partial charge in [0.05, 0.1) is 0 Å². The average molecular weight is 212 g/mol. The highest BCUT2D eigenvalue weighted by atomic mass is 19.4. The van der Waals surface area contributed by atoms with Crippen molar-refractivity contribution in [2.24, 2.45) is 0 Å². The Bertz CT molecular complexity index is 305. The molecule has 0 aromatic heterocycles. The Balaban J connectivity index is 2.08. The van der Waals surface area contributed by atoms with Crippen molar-refractivity contribution < 1.29 is 8.96 Å². The standard InChI is InChI=1S/C11H14F2N2/c12-15(13)11-6-4-10(5-7-11)14-8-2-1-3-9-14/h4-7H,1-3,8-9H2. The molecule has 0 N–H and O–H groups in total. The first-order valence-corrected chi connectivity index (χ1v) is 5.24. The third-order valence-electron chi connectivity index (χ3n) is 2.77. The second-order valence-electron chi connectivity index (χ2n) is 3.80. The van der Waals surface area contributed by atoms with Crippen molar-refractivity contribution in [2.45, 2.75) is 19.3 Å². The molecule has 4 heteroatoms. The summed E-state index contributed by atoms with van der Waals surface area (Å²) in [4.78, 5) is 2.24. The van der Waals surface area contributed by atoms with E-state index in [-0.39, 0.29) is 5.69 Å². The minimum absolute atomic E-state index is 0.0595. The van der Waals surface area contributed by atoms with E-state index in [1.54, 1.807) is 12.1 Å². The fourth-order valence-corrected chi connectivity index (χ4v) is 1.93. The van der Waals surface area contributed by atoms with E-state index in [4.69, 9.17) is 0 Å². The molecule has 82 valence electrons. The molecule has 1 aromatic rings. The zero-order valence-electron chi connectivity index (χ0n) is 8.50. The molecule has 0 saturated carbocycles. The van der Waals surface area contributed by atoms with Crippen molar-refractivity contribution in [3.63, 3.8) is 0 Å². The molecule has 15 heavy (non-hydrogen) atoms. The zero-order chi connectivity index (χ0) is 10.7. The highest BCUT2D eigenvalue weighted by molar-refractivity contribution is 5.54. The quantitative estimate of drug-likeness (QED) is 0.694. The fourth-order valence-electron chi connectivity index (χ4n) is 1.93. The number of nitrogens with zero attached hydrogens (tertiary/aromatic N) is 2. The first kappa shape index (κ1) is 10.2. The summed E-state index contributed by atoms with van der Waals surface area (Å²) in [5.41, 5.74) is 0.982. The Morgan fingerprint density at radius 3 is 2.07 bits per heavy atom. The largest absolute Gasteiger partial charge is 0.372 e. The first-order valence-electron chi connectivity index (χ1n) is 5.24. The van der Waals surface area contributed by atoms with Crippen molar-refractivity contribution in [3.8, 4) is 0 Å². The maximum absolute atomic E-state index is 12.2. The van der Waals surface area contributed by atoms with Gasteiger partial charge in [-0.3, -0.25) is 0 Å². The molecule has 2 rings (SSSR count). The van der Waals surface area contributed by atoms with Crippen LogP contribution < -0.4 is 10.2 Å². The monoisotopic (exact) mass is 212 g/mol. The highest BCUT2D eigenvalue weighted by Gasteiger charge is 2.11. The van der Waals surface area contributed by atoms with Crippen LogP contribution in [0.3, 0.4) is 0 Å². The van der Waals surface area contributed by atoms with Gasteiger partial charge in [0.15, 0.2) is 0 Å². The van der Waals surface area contributed by atoms with Gasteiger partial charge < -0.3 is 4.90 Å². The number of anilines is 2. The molecule has 0 spiro atoms. The van der Waals surface area contributed by atoms with Gasteiger partial charge in [-0.2, -0.15) is 0 Å². The third-order valence-corrected chi connectivity index (χ3v) is 2.77. The molecule has 0 aliphatic carbocycles. The van der Waals surface area contributed by atoms with Gasteiger partial charge in [0, 0.05) is 18.8 Å². The smallest absolute Gasteiger partial charge is 0.105 e. The molecule has 1 fully saturated rings. The van der Waals surface area contributed by atoms with E-state index in [1.807, 2.05) is 0 Å². The topological polar surface area (TPSA) is 6.48 Å². The molecule has 1 aliphatic rings. The van der Waals surface area contributed by atoms with Gasteiger partial charge in [-0.05, 0) is 48.9 Å². The maximum Gasteiger partial charge on any atom is 0.105 e. The van der Waals surface area contributed by atoms with E-state index in [0.717, 1.165) is 18.8 Å². The molecule has 1 saturated heterocycles. The number of piperidine rings is 1. The lowest BCUT2D eigenvalue weighted by Gasteiger charge is -2.28. The Labute approximate surface area is 88.0 Å². The molecule has 0 unspecified atom stereocenters. The molecule has 1 aromatic carbocycles. The second kappa shape index (κ2) is 4.47. The van der Waals surface area contributed by atoms with Crippen molar-refractivity contribution in [1.29, 1.82) is 0 Å². The summed E-state index contributed by atoms with van der Waals surface area (Å²) in [6, 6.07) is 6.41. The van der Waals surface area contributed by atoms with Gasteiger partial charge in [-0.15, -0.1) is 0 Å². The van der Waals surface area contributed by atoms with Crippen LogP contribution in [0.25, 0.3) is 0 Å². The van der Waals surface area contributed by atoms with Gasteiger partial charge in [-0.1, -0.05) is 8.96 Å². The third kappa shape index (κ3) is 2.37. The minimum Gasteiger partial charge on any atom is -0.372 e. The predicted octanol–water partition coefficient (Wildman–Crippen LogP) is 3.25. The van der Waals surface area contributed by atoms with Crippen LogP contribution in [0.1, 0.15) is 19.3 Å². The van der Waals surface area contributed by atoms with Crippen LogP contribution in [-0.4, -0.2) is 13.1 Å². The molecule has 0 atom stereocenters. The highest BCUT2D eigenvalue weighted by Crippen LogP contribution is 2.23. The van der Waals surface area contributed by atoms with Crippen molar-refractivity contribution >= 4 is 11.4 Å². The minimum atomic E-state index is -0.861.